The second-order valence-corrected chi connectivity index (χ2v) is 9.27. The van der Waals surface area contributed by atoms with Crippen molar-refractivity contribution < 1.29 is 17.6 Å². The third kappa shape index (κ3) is 5.31. The highest BCUT2D eigenvalue weighted by Gasteiger charge is 2.21. The van der Waals surface area contributed by atoms with Gasteiger partial charge in [-0.2, -0.15) is 0 Å². The van der Waals surface area contributed by atoms with Crippen LogP contribution in [0.15, 0.2) is 59.5 Å². The molecule has 0 spiro atoms. The van der Waals surface area contributed by atoms with Crippen LogP contribution in [0.1, 0.15) is 36.2 Å². The number of nitrogens with one attached hydrogen (secondary N) is 1. The summed E-state index contributed by atoms with van der Waals surface area (Å²) in [6.45, 7) is 5.23. The summed E-state index contributed by atoms with van der Waals surface area (Å²) in [4.78, 5) is 14.6. The molecule has 0 saturated carbocycles. The van der Waals surface area contributed by atoms with Crippen LogP contribution in [0.2, 0.25) is 0 Å². The Balaban J connectivity index is 1.66. The highest BCUT2D eigenvalue weighted by Crippen LogP contribution is 2.23. The SMILES string of the molecule is CC(C)CNS(=O)(=O)c1ccc(C(=O)N2CC=C(c3ccc(F)cc3)CC2)cc1. The maximum absolute atomic E-state index is 13.1. The van der Waals surface area contributed by atoms with E-state index in [1.54, 1.807) is 29.2 Å². The van der Waals surface area contributed by atoms with Gasteiger partial charge in [-0.3, -0.25) is 4.79 Å². The quantitative estimate of drug-likeness (QED) is 0.781. The molecule has 2 aromatic carbocycles. The van der Waals surface area contributed by atoms with Crippen LogP contribution in [0.25, 0.3) is 5.57 Å². The summed E-state index contributed by atoms with van der Waals surface area (Å²) in [7, 11) is -3.57. The van der Waals surface area contributed by atoms with Gasteiger partial charge in [-0.1, -0.05) is 32.1 Å². The molecule has 0 unspecified atom stereocenters. The number of carbonyl (C=O) groups is 1. The van der Waals surface area contributed by atoms with E-state index in [4.69, 9.17) is 0 Å². The zero-order valence-electron chi connectivity index (χ0n) is 16.6. The third-order valence-corrected chi connectivity index (χ3v) is 6.24. The van der Waals surface area contributed by atoms with Crippen LogP contribution < -0.4 is 4.72 Å². The molecule has 2 aromatic rings. The van der Waals surface area contributed by atoms with Crippen LogP contribution in [0.3, 0.4) is 0 Å². The van der Waals surface area contributed by atoms with Crippen LogP contribution in [-0.2, 0) is 10.0 Å². The third-order valence-electron chi connectivity index (χ3n) is 4.80. The van der Waals surface area contributed by atoms with Gasteiger partial charge in [0.1, 0.15) is 5.82 Å². The predicted octanol–water partition coefficient (Wildman–Crippen LogP) is 3.69. The summed E-state index contributed by atoms with van der Waals surface area (Å²) in [5.74, 6) is -0.206. The first-order chi connectivity index (χ1) is 13.8. The summed E-state index contributed by atoms with van der Waals surface area (Å²) >= 11 is 0. The van der Waals surface area contributed by atoms with Gasteiger partial charge >= 0.3 is 0 Å². The van der Waals surface area contributed by atoms with Gasteiger partial charge in [0, 0.05) is 25.2 Å². The monoisotopic (exact) mass is 416 g/mol. The Labute approximate surface area is 171 Å². The van der Waals surface area contributed by atoms with Crippen LogP contribution in [0.5, 0.6) is 0 Å². The molecule has 1 heterocycles. The van der Waals surface area contributed by atoms with Crippen molar-refractivity contribution >= 4 is 21.5 Å². The summed E-state index contributed by atoms with van der Waals surface area (Å²) in [5, 5.41) is 0. The van der Waals surface area contributed by atoms with Crippen LogP contribution in [0, 0.1) is 11.7 Å². The van der Waals surface area contributed by atoms with Crippen LogP contribution >= 0.6 is 0 Å². The molecule has 1 N–H and O–H groups in total. The van der Waals surface area contributed by atoms with Crippen molar-refractivity contribution in [2.75, 3.05) is 19.6 Å². The van der Waals surface area contributed by atoms with E-state index in [1.165, 1.54) is 24.3 Å². The Bertz CT molecular complexity index is 997. The lowest BCUT2D eigenvalue weighted by atomic mass is 9.99. The predicted molar refractivity (Wildman–Crippen MR) is 111 cm³/mol. The number of sulfonamides is 1. The van der Waals surface area contributed by atoms with E-state index in [9.17, 15) is 17.6 Å². The van der Waals surface area contributed by atoms with E-state index in [2.05, 4.69) is 4.72 Å². The Hall–Kier alpha value is -2.51. The molecule has 0 bridgehead atoms. The Morgan fingerprint density at radius 2 is 1.76 bits per heavy atom. The minimum Gasteiger partial charge on any atom is -0.335 e. The average Bonchev–Trinajstić information content (AvgIpc) is 2.73. The van der Waals surface area contributed by atoms with Gasteiger partial charge in [0.05, 0.1) is 4.90 Å². The largest absolute Gasteiger partial charge is 0.335 e. The molecular weight excluding hydrogens is 391 g/mol. The zero-order chi connectivity index (χ0) is 21.0. The number of halogens is 1. The standard InChI is InChI=1S/C22H25FN2O3S/c1-16(2)15-24-29(27,28)21-9-5-19(6-10-21)22(26)25-13-11-18(12-14-25)17-3-7-20(23)8-4-17/h3-11,16,24H,12-15H2,1-2H3. The number of hydrogen-bond acceptors (Lipinski definition) is 3. The molecule has 0 saturated heterocycles. The number of benzene rings is 2. The fourth-order valence-electron chi connectivity index (χ4n) is 3.10. The molecule has 0 atom stereocenters. The van der Waals surface area contributed by atoms with Gasteiger partial charge in [-0.05, 0) is 59.9 Å². The van der Waals surface area contributed by atoms with Crippen molar-refractivity contribution in [3.05, 3.63) is 71.6 Å². The molecule has 1 aliphatic rings. The fourth-order valence-corrected chi connectivity index (χ4v) is 4.31. The second kappa shape index (κ2) is 8.88. The number of hydrogen-bond donors (Lipinski definition) is 1. The fraction of sp³-hybridized carbons (Fsp3) is 0.318. The molecule has 1 amide bonds. The molecule has 0 aliphatic carbocycles. The van der Waals surface area contributed by atoms with E-state index >= 15 is 0 Å². The highest BCUT2D eigenvalue weighted by molar-refractivity contribution is 7.89. The second-order valence-electron chi connectivity index (χ2n) is 7.51. The highest BCUT2D eigenvalue weighted by atomic mass is 32.2. The van der Waals surface area contributed by atoms with Gasteiger partial charge < -0.3 is 4.90 Å². The van der Waals surface area contributed by atoms with Gasteiger partial charge in [0.25, 0.3) is 5.91 Å². The number of carbonyl (C=O) groups excluding carboxylic acids is 1. The molecular formula is C22H25FN2O3S. The Morgan fingerprint density at radius 1 is 1.10 bits per heavy atom. The Morgan fingerprint density at radius 3 is 2.31 bits per heavy atom. The van der Waals surface area contributed by atoms with E-state index in [0.29, 0.717) is 31.6 Å². The molecule has 29 heavy (non-hydrogen) atoms. The van der Waals surface area contributed by atoms with Crippen molar-refractivity contribution in [2.24, 2.45) is 5.92 Å². The van der Waals surface area contributed by atoms with Crippen molar-refractivity contribution in [2.45, 2.75) is 25.2 Å². The zero-order valence-corrected chi connectivity index (χ0v) is 17.4. The van der Waals surface area contributed by atoms with Crippen molar-refractivity contribution in [1.82, 2.24) is 9.62 Å². The first-order valence-electron chi connectivity index (χ1n) is 9.60. The van der Waals surface area contributed by atoms with Gasteiger partial charge in [-0.25, -0.2) is 17.5 Å². The molecule has 5 nitrogen and oxygen atoms in total. The van der Waals surface area contributed by atoms with E-state index in [-0.39, 0.29) is 22.5 Å². The number of amides is 1. The average molecular weight is 417 g/mol. The van der Waals surface area contributed by atoms with Crippen molar-refractivity contribution in [3.63, 3.8) is 0 Å². The van der Waals surface area contributed by atoms with Gasteiger partial charge in [-0.15, -0.1) is 0 Å². The minimum atomic E-state index is -3.57. The first kappa shape index (κ1) is 21.2. The lowest BCUT2D eigenvalue weighted by Crippen LogP contribution is -2.34. The summed E-state index contributed by atoms with van der Waals surface area (Å²) in [5.41, 5.74) is 2.50. The molecule has 0 fully saturated rings. The maximum Gasteiger partial charge on any atom is 0.254 e. The smallest absolute Gasteiger partial charge is 0.254 e. The summed E-state index contributed by atoms with van der Waals surface area (Å²) < 4.78 is 40.2. The molecule has 1 aliphatic heterocycles. The molecule has 7 heteroatoms. The number of nitrogens with zero attached hydrogens (tertiary/aromatic N) is 1. The first-order valence-corrected chi connectivity index (χ1v) is 11.1. The van der Waals surface area contributed by atoms with E-state index in [0.717, 1.165) is 11.1 Å². The van der Waals surface area contributed by atoms with Crippen LogP contribution in [0.4, 0.5) is 4.39 Å². The van der Waals surface area contributed by atoms with Crippen molar-refractivity contribution in [3.8, 4) is 0 Å². The topological polar surface area (TPSA) is 66.5 Å². The van der Waals surface area contributed by atoms with E-state index in [1.807, 2.05) is 19.9 Å². The van der Waals surface area contributed by atoms with Crippen LogP contribution in [-0.4, -0.2) is 38.9 Å². The molecule has 0 radical (unpaired) electrons. The number of rotatable bonds is 6. The molecule has 3 rings (SSSR count). The summed E-state index contributed by atoms with van der Waals surface area (Å²) in [6, 6.07) is 12.4. The van der Waals surface area contributed by atoms with Crippen molar-refractivity contribution in [1.29, 1.82) is 0 Å². The van der Waals surface area contributed by atoms with E-state index < -0.39 is 10.0 Å². The molecule has 0 aromatic heterocycles. The maximum atomic E-state index is 13.1. The summed E-state index contributed by atoms with van der Waals surface area (Å²) in [6.07, 6.45) is 2.66. The van der Waals surface area contributed by atoms with Gasteiger partial charge in [0.2, 0.25) is 10.0 Å². The lowest BCUT2D eigenvalue weighted by molar-refractivity contribution is 0.0772. The lowest BCUT2D eigenvalue weighted by Gasteiger charge is -2.27. The minimum absolute atomic E-state index is 0.140. The van der Waals surface area contributed by atoms with Gasteiger partial charge in [0.15, 0.2) is 0 Å². The normalized spacial score (nSPS) is 14.8. The molecule has 154 valence electrons. The Kier molecular flexibility index (Phi) is 6.49.